The van der Waals surface area contributed by atoms with Crippen LogP contribution in [0.15, 0.2) is 36.4 Å². The normalized spacial score (nSPS) is 16.0. The summed E-state index contributed by atoms with van der Waals surface area (Å²) >= 11 is 0. The van der Waals surface area contributed by atoms with Crippen LogP contribution in [0.4, 0.5) is 11.8 Å². The van der Waals surface area contributed by atoms with Gasteiger partial charge in [0.1, 0.15) is 5.82 Å². The maximum Gasteiger partial charge on any atom is 0.225 e. The molecule has 1 aliphatic rings. The number of anilines is 2. The van der Waals surface area contributed by atoms with E-state index in [9.17, 15) is 0 Å². The summed E-state index contributed by atoms with van der Waals surface area (Å²) in [7, 11) is 0. The average Bonchev–Trinajstić information content (AvgIpc) is 2.55. The predicted molar refractivity (Wildman–Crippen MR) is 101 cm³/mol. The Balaban J connectivity index is 1.90. The smallest absolute Gasteiger partial charge is 0.225 e. The number of benzene rings is 1. The maximum atomic E-state index is 4.77. The fourth-order valence-electron chi connectivity index (χ4n) is 3.15. The summed E-state index contributed by atoms with van der Waals surface area (Å²) in [5.74, 6) is 1.60. The first kappa shape index (κ1) is 16.7. The third-order valence-corrected chi connectivity index (χ3v) is 4.24. The van der Waals surface area contributed by atoms with Crippen molar-refractivity contribution in [2.75, 3.05) is 10.6 Å². The molecule has 4 heteroatoms. The highest BCUT2D eigenvalue weighted by atomic mass is 15.2. The highest BCUT2D eigenvalue weighted by molar-refractivity contribution is 5.64. The summed E-state index contributed by atoms with van der Waals surface area (Å²) < 4.78 is 0. The minimum atomic E-state index is -0.0373. The molecule has 1 saturated carbocycles. The third-order valence-electron chi connectivity index (χ3n) is 4.24. The van der Waals surface area contributed by atoms with Gasteiger partial charge in [-0.1, -0.05) is 49.6 Å². The molecular formula is C20H28N4. The minimum absolute atomic E-state index is 0.0373. The van der Waals surface area contributed by atoms with E-state index in [0.717, 1.165) is 23.0 Å². The molecule has 0 amide bonds. The molecule has 0 spiro atoms. The third kappa shape index (κ3) is 4.70. The monoisotopic (exact) mass is 324 g/mol. The fourth-order valence-corrected chi connectivity index (χ4v) is 3.15. The number of aromatic nitrogens is 2. The molecule has 0 aliphatic heterocycles. The SMILES string of the molecule is CC(C)(C)Nc1cc(-c2ccccc2)nc(NC2CCCCC2)n1. The molecule has 3 rings (SSSR count). The Morgan fingerprint density at radius 2 is 1.67 bits per heavy atom. The molecule has 128 valence electrons. The first-order valence-electron chi connectivity index (χ1n) is 8.99. The first-order chi connectivity index (χ1) is 11.5. The molecule has 1 aromatic carbocycles. The maximum absolute atomic E-state index is 4.77. The van der Waals surface area contributed by atoms with E-state index < -0.39 is 0 Å². The molecule has 0 atom stereocenters. The molecule has 0 unspecified atom stereocenters. The van der Waals surface area contributed by atoms with Crippen molar-refractivity contribution >= 4 is 11.8 Å². The van der Waals surface area contributed by atoms with Crippen LogP contribution in [-0.2, 0) is 0 Å². The van der Waals surface area contributed by atoms with Gasteiger partial charge in [0.25, 0.3) is 0 Å². The number of hydrogen-bond acceptors (Lipinski definition) is 4. The standard InChI is InChI=1S/C20H28N4/c1-20(2,3)24-18-14-17(15-10-6-4-7-11-15)22-19(23-18)21-16-12-8-5-9-13-16/h4,6-7,10-11,14,16H,5,8-9,12-13H2,1-3H3,(H2,21,22,23,24). The van der Waals surface area contributed by atoms with Crippen molar-refractivity contribution in [2.24, 2.45) is 0 Å². The van der Waals surface area contributed by atoms with Crippen molar-refractivity contribution in [3.8, 4) is 11.3 Å². The van der Waals surface area contributed by atoms with Crippen LogP contribution in [0, 0.1) is 0 Å². The van der Waals surface area contributed by atoms with Crippen molar-refractivity contribution in [3.63, 3.8) is 0 Å². The van der Waals surface area contributed by atoms with Crippen molar-refractivity contribution < 1.29 is 0 Å². The minimum Gasteiger partial charge on any atom is -0.365 e. The van der Waals surface area contributed by atoms with Crippen molar-refractivity contribution in [1.82, 2.24) is 9.97 Å². The topological polar surface area (TPSA) is 49.8 Å². The van der Waals surface area contributed by atoms with Gasteiger partial charge in [0.05, 0.1) is 5.69 Å². The number of hydrogen-bond donors (Lipinski definition) is 2. The van der Waals surface area contributed by atoms with Gasteiger partial charge in [-0.2, -0.15) is 4.98 Å². The molecule has 4 nitrogen and oxygen atoms in total. The van der Waals surface area contributed by atoms with E-state index in [1.54, 1.807) is 0 Å². The van der Waals surface area contributed by atoms with Gasteiger partial charge < -0.3 is 10.6 Å². The zero-order chi connectivity index (χ0) is 17.0. The van der Waals surface area contributed by atoms with Gasteiger partial charge in [-0.05, 0) is 33.6 Å². The molecule has 1 aliphatic carbocycles. The van der Waals surface area contributed by atoms with Gasteiger partial charge in [0, 0.05) is 23.2 Å². The number of nitrogens with zero attached hydrogens (tertiary/aromatic N) is 2. The lowest BCUT2D eigenvalue weighted by atomic mass is 9.96. The Hall–Kier alpha value is -2.10. The molecular weight excluding hydrogens is 296 g/mol. The van der Waals surface area contributed by atoms with Crippen LogP contribution >= 0.6 is 0 Å². The zero-order valence-corrected chi connectivity index (χ0v) is 15.0. The summed E-state index contributed by atoms with van der Waals surface area (Å²) in [6.07, 6.45) is 6.36. The second-order valence-corrected chi connectivity index (χ2v) is 7.68. The molecule has 1 fully saturated rings. The fraction of sp³-hybridized carbons (Fsp3) is 0.500. The molecule has 24 heavy (non-hydrogen) atoms. The summed E-state index contributed by atoms with van der Waals surface area (Å²) in [5, 5.41) is 7.03. The molecule has 1 heterocycles. The summed E-state index contributed by atoms with van der Waals surface area (Å²) in [4.78, 5) is 9.47. The summed E-state index contributed by atoms with van der Waals surface area (Å²) in [5.41, 5.74) is 2.03. The van der Waals surface area contributed by atoms with E-state index in [1.165, 1.54) is 32.1 Å². The molecule has 0 bridgehead atoms. The second-order valence-electron chi connectivity index (χ2n) is 7.68. The molecule has 2 aromatic rings. The average molecular weight is 324 g/mol. The highest BCUT2D eigenvalue weighted by Crippen LogP contribution is 2.25. The van der Waals surface area contributed by atoms with Crippen LogP contribution in [0.3, 0.4) is 0 Å². The van der Waals surface area contributed by atoms with Crippen LogP contribution in [0.5, 0.6) is 0 Å². The number of rotatable bonds is 4. The lowest BCUT2D eigenvalue weighted by molar-refractivity contribution is 0.461. The van der Waals surface area contributed by atoms with Crippen LogP contribution in [-0.4, -0.2) is 21.5 Å². The van der Waals surface area contributed by atoms with Gasteiger partial charge >= 0.3 is 0 Å². The quantitative estimate of drug-likeness (QED) is 0.821. The van der Waals surface area contributed by atoms with E-state index in [0.29, 0.717) is 6.04 Å². The van der Waals surface area contributed by atoms with E-state index in [4.69, 9.17) is 9.97 Å². The van der Waals surface area contributed by atoms with E-state index in [2.05, 4.69) is 43.5 Å². The van der Waals surface area contributed by atoms with Crippen LogP contribution in [0.25, 0.3) is 11.3 Å². The van der Waals surface area contributed by atoms with Crippen molar-refractivity contribution in [3.05, 3.63) is 36.4 Å². The molecule has 0 radical (unpaired) electrons. The number of nitrogens with one attached hydrogen (secondary N) is 2. The van der Waals surface area contributed by atoms with Crippen LogP contribution in [0.2, 0.25) is 0 Å². The summed E-state index contributed by atoms with van der Waals surface area (Å²) in [6.45, 7) is 6.43. The lowest BCUT2D eigenvalue weighted by Crippen LogP contribution is -2.28. The van der Waals surface area contributed by atoms with Gasteiger partial charge in [-0.3, -0.25) is 0 Å². The lowest BCUT2D eigenvalue weighted by Gasteiger charge is -2.25. The van der Waals surface area contributed by atoms with Crippen LogP contribution in [0.1, 0.15) is 52.9 Å². The van der Waals surface area contributed by atoms with E-state index in [1.807, 2.05) is 24.3 Å². The second kappa shape index (κ2) is 7.20. The van der Waals surface area contributed by atoms with Crippen molar-refractivity contribution in [2.45, 2.75) is 64.5 Å². The van der Waals surface area contributed by atoms with Gasteiger partial charge in [0.15, 0.2) is 0 Å². The van der Waals surface area contributed by atoms with Crippen molar-refractivity contribution in [1.29, 1.82) is 0 Å². The Labute approximate surface area is 145 Å². The first-order valence-corrected chi connectivity index (χ1v) is 8.99. The zero-order valence-electron chi connectivity index (χ0n) is 15.0. The van der Waals surface area contributed by atoms with Gasteiger partial charge in [-0.15, -0.1) is 0 Å². The van der Waals surface area contributed by atoms with Gasteiger partial charge in [-0.25, -0.2) is 4.98 Å². The molecule has 0 saturated heterocycles. The highest BCUT2D eigenvalue weighted by Gasteiger charge is 2.17. The van der Waals surface area contributed by atoms with E-state index >= 15 is 0 Å². The Bertz CT molecular complexity index is 655. The Morgan fingerprint density at radius 1 is 0.958 bits per heavy atom. The molecule has 2 N–H and O–H groups in total. The Morgan fingerprint density at radius 3 is 2.33 bits per heavy atom. The van der Waals surface area contributed by atoms with E-state index in [-0.39, 0.29) is 5.54 Å². The predicted octanol–water partition coefficient (Wildman–Crippen LogP) is 5.10. The molecule has 1 aromatic heterocycles. The summed E-state index contributed by atoms with van der Waals surface area (Å²) in [6, 6.07) is 12.8. The Kier molecular flexibility index (Phi) is 5.03. The largest absolute Gasteiger partial charge is 0.365 e. The van der Waals surface area contributed by atoms with Gasteiger partial charge in [0.2, 0.25) is 5.95 Å². The van der Waals surface area contributed by atoms with Crippen LogP contribution < -0.4 is 10.6 Å².